The minimum Gasteiger partial charge on any atom is -0.494 e. The lowest BCUT2D eigenvalue weighted by atomic mass is 10.2. The van der Waals surface area contributed by atoms with Gasteiger partial charge < -0.3 is 19.9 Å². The highest BCUT2D eigenvalue weighted by atomic mass is 16.5. The molecule has 0 saturated heterocycles. The van der Waals surface area contributed by atoms with Crippen LogP contribution >= 0.6 is 0 Å². The molecular weight excluding hydrogens is 408 g/mol. The van der Waals surface area contributed by atoms with Crippen molar-refractivity contribution >= 4 is 23.6 Å². The highest BCUT2D eigenvalue weighted by Gasteiger charge is 2.19. The van der Waals surface area contributed by atoms with Gasteiger partial charge in [0, 0.05) is 26.5 Å². The van der Waals surface area contributed by atoms with E-state index in [9.17, 15) is 24.3 Å². The van der Waals surface area contributed by atoms with Crippen LogP contribution in [0.4, 0.5) is 0 Å². The van der Waals surface area contributed by atoms with Crippen LogP contribution in [0.3, 0.4) is 0 Å². The van der Waals surface area contributed by atoms with Crippen LogP contribution in [0, 0.1) is 0 Å². The predicted molar refractivity (Wildman–Crippen MR) is 111 cm³/mol. The van der Waals surface area contributed by atoms with E-state index in [1.165, 1.54) is 26.5 Å². The molecule has 2 aromatic heterocycles. The van der Waals surface area contributed by atoms with Gasteiger partial charge in [0.25, 0.3) is 5.56 Å². The fourth-order valence-electron chi connectivity index (χ4n) is 2.52. The highest BCUT2D eigenvalue weighted by Crippen LogP contribution is 2.16. The van der Waals surface area contributed by atoms with Crippen molar-refractivity contribution in [1.29, 1.82) is 0 Å². The number of ether oxygens (including phenoxy) is 2. The Balaban J connectivity index is 2.60. The van der Waals surface area contributed by atoms with Crippen molar-refractivity contribution in [3.8, 4) is 5.88 Å². The zero-order valence-corrected chi connectivity index (χ0v) is 17.4. The molecule has 2 rings (SSSR count). The Labute approximate surface area is 176 Å². The summed E-state index contributed by atoms with van der Waals surface area (Å²) in [6.07, 6.45) is 3.67. The van der Waals surface area contributed by atoms with Gasteiger partial charge in [-0.05, 0) is 25.1 Å². The lowest BCUT2D eigenvalue weighted by Crippen LogP contribution is -2.38. The summed E-state index contributed by atoms with van der Waals surface area (Å²) in [7, 11) is 3.61. The summed E-state index contributed by atoms with van der Waals surface area (Å²) in [5.41, 5.74) is -1.91. The van der Waals surface area contributed by atoms with E-state index in [2.05, 4.69) is 10.3 Å². The Hall–Kier alpha value is -4.15. The van der Waals surface area contributed by atoms with Crippen LogP contribution in [-0.2, 0) is 33.2 Å². The number of aromatic hydroxyl groups is 1. The fourth-order valence-corrected chi connectivity index (χ4v) is 2.52. The monoisotopic (exact) mass is 430 g/mol. The number of methoxy groups -OCH3 is 1. The van der Waals surface area contributed by atoms with E-state index in [1.54, 1.807) is 25.1 Å². The second kappa shape index (κ2) is 10.1. The van der Waals surface area contributed by atoms with E-state index in [-0.39, 0.29) is 29.1 Å². The predicted octanol–water partition coefficient (Wildman–Crippen LogP) is -0.108. The molecular formula is C20H22N4O7. The third-order valence-electron chi connectivity index (χ3n) is 4.17. The average molecular weight is 430 g/mol. The summed E-state index contributed by atoms with van der Waals surface area (Å²) in [5.74, 6) is -2.23. The largest absolute Gasteiger partial charge is 0.494 e. The molecule has 0 amide bonds. The van der Waals surface area contributed by atoms with Gasteiger partial charge in [-0.25, -0.2) is 14.4 Å². The van der Waals surface area contributed by atoms with Gasteiger partial charge >= 0.3 is 17.6 Å². The van der Waals surface area contributed by atoms with E-state index >= 15 is 0 Å². The summed E-state index contributed by atoms with van der Waals surface area (Å²) in [5, 5.41) is 12.8. The first-order valence-electron chi connectivity index (χ1n) is 9.07. The molecule has 0 bridgehead atoms. The molecule has 0 unspecified atom stereocenters. The Morgan fingerprint density at radius 1 is 1.19 bits per heavy atom. The second-order valence-corrected chi connectivity index (χ2v) is 6.13. The van der Waals surface area contributed by atoms with Crippen molar-refractivity contribution in [3.63, 3.8) is 0 Å². The molecule has 0 atom stereocenters. The molecule has 11 heteroatoms. The third-order valence-corrected chi connectivity index (χ3v) is 4.17. The van der Waals surface area contributed by atoms with Crippen LogP contribution < -0.4 is 16.6 Å². The van der Waals surface area contributed by atoms with Crippen molar-refractivity contribution in [2.24, 2.45) is 14.1 Å². The normalized spacial score (nSPS) is 11.7. The van der Waals surface area contributed by atoms with Crippen molar-refractivity contribution in [1.82, 2.24) is 19.4 Å². The smallest absolute Gasteiger partial charge is 0.354 e. The third kappa shape index (κ3) is 5.07. The number of nitrogens with one attached hydrogen (secondary N) is 1. The van der Waals surface area contributed by atoms with Gasteiger partial charge in [0.15, 0.2) is 0 Å². The summed E-state index contributed by atoms with van der Waals surface area (Å²) in [6, 6.07) is 4.90. The van der Waals surface area contributed by atoms with Crippen molar-refractivity contribution in [3.05, 3.63) is 68.4 Å². The van der Waals surface area contributed by atoms with Gasteiger partial charge in [0.2, 0.25) is 5.88 Å². The number of nitrogens with zero attached hydrogens (tertiary/aromatic N) is 3. The van der Waals surface area contributed by atoms with Crippen LogP contribution in [0.15, 0.2) is 45.9 Å². The van der Waals surface area contributed by atoms with Crippen molar-refractivity contribution in [2.75, 3.05) is 13.7 Å². The van der Waals surface area contributed by atoms with E-state index in [4.69, 9.17) is 9.47 Å². The SMILES string of the molecule is CCOC(=O)C(=CNC(=Cc1c(O)n(C)c(=O)n(C)c1=O)C(=O)OC)c1ccccn1. The summed E-state index contributed by atoms with van der Waals surface area (Å²) < 4.78 is 11.3. The van der Waals surface area contributed by atoms with Crippen LogP contribution in [0.25, 0.3) is 11.6 Å². The molecule has 0 aliphatic rings. The summed E-state index contributed by atoms with van der Waals surface area (Å²) >= 11 is 0. The van der Waals surface area contributed by atoms with E-state index in [0.29, 0.717) is 0 Å². The summed E-state index contributed by atoms with van der Waals surface area (Å²) in [4.78, 5) is 53.0. The Bertz CT molecular complexity index is 1160. The molecule has 0 saturated carbocycles. The Morgan fingerprint density at radius 3 is 2.48 bits per heavy atom. The van der Waals surface area contributed by atoms with Gasteiger partial charge in [-0.1, -0.05) is 6.07 Å². The van der Waals surface area contributed by atoms with Crippen LogP contribution in [-0.4, -0.2) is 44.9 Å². The van der Waals surface area contributed by atoms with Gasteiger partial charge in [-0.3, -0.25) is 18.9 Å². The molecule has 2 heterocycles. The number of pyridine rings is 1. The molecule has 2 aromatic rings. The lowest BCUT2D eigenvalue weighted by Gasteiger charge is -2.11. The number of esters is 2. The van der Waals surface area contributed by atoms with Crippen LogP contribution in [0.5, 0.6) is 5.88 Å². The van der Waals surface area contributed by atoms with Gasteiger partial charge in [0.05, 0.1) is 19.4 Å². The molecule has 11 nitrogen and oxygen atoms in total. The Morgan fingerprint density at radius 2 is 1.90 bits per heavy atom. The standard InChI is InChI=1S/C20H22N4O7/c1-5-31-18(27)13(14-8-6-7-9-21-14)11-22-15(19(28)30-4)10-12-16(25)23(2)20(29)24(3)17(12)26/h6-11,22,25H,5H2,1-4H3. The number of carbonyl (C=O) groups is 2. The maximum absolute atomic E-state index is 12.4. The fraction of sp³-hybridized carbons (Fsp3) is 0.250. The van der Waals surface area contributed by atoms with E-state index < -0.39 is 29.1 Å². The van der Waals surface area contributed by atoms with Crippen LogP contribution in [0.2, 0.25) is 0 Å². The molecule has 164 valence electrons. The zero-order chi connectivity index (χ0) is 23.1. The number of hydrogen-bond acceptors (Lipinski definition) is 9. The quantitative estimate of drug-likeness (QED) is 0.454. The first-order chi connectivity index (χ1) is 14.7. The first-order valence-corrected chi connectivity index (χ1v) is 9.07. The topological polar surface area (TPSA) is 142 Å². The maximum atomic E-state index is 12.4. The molecule has 0 spiro atoms. The molecule has 0 fully saturated rings. The zero-order valence-electron chi connectivity index (χ0n) is 17.4. The first kappa shape index (κ1) is 23.1. The minimum atomic E-state index is -0.893. The number of carbonyl (C=O) groups excluding carboxylic acids is 2. The van der Waals surface area contributed by atoms with Crippen molar-refractivity contribution < 1.29 is 24.2 Å². The second-order valence-electron chi connectivity index (χ2n) is 6.13. The van der Waals surface area contributed by atoms with E-state index in [0.717, 1.165) is 22.3 Å². The molecule has 0 aliphatic heterocycles. The number of hydrogen-bond donors (Lipinski definition) is 2. The molecule has 0 radical (unpaired) electrons. The Kier molecular flexibility index (Phi) is 7.50. The van der Waals surface area contributed by atoms with Crippen LogP contribution in [0.1, 0.15) is 18.2 Å². The highest BCUT2D eigenvalue weighted by molar-refractivity contribution is 6.15. The van der Waals surface area contributed by atoms with E-state index in [1.807, 2.05) is 0 Å². The molecule has 0 aliphatic carbocycles. The maximum Gasteiger partial charge on any atom is 0.354 e. The van der Waals surface area contributed by atoms with Gasteiger partial charge in [-0.15, -0.1) is 0 Å². The van der Waals surface area contributed by atoms with Gasteiger partial charge in [-0.2, -0.15) is 0 Å². The number of rotatable bonds is 7. The molecule has 0 aromatic carbocycles. The van der Waals surface area contributed by atoms with Gasteiger partial charge in [0.1, 0.15) is 16.8 Å². The molecule has 2 N–H and O–H groups in total. The van der Waals surface area contributed by atoms with Crippen molar-refractivity contribution in [2.45, 2.75) is 6.92 Å². The lowest BCUT2D eigenvalue weighted by molar-refractivity contribution is -0.137. The molecule has 31 heavy (non-hydrogen) atoms. The number of aromatic nitrogens is 3. The average Bonchev–Trinajstić information content (AvgIpc) is 2.78. The minimum absolute atomic E-state index is 0.00911. The summed E-state index contributed by atoms with van der Waals surface area (Å²) in [6.45, 7) is 1.75.